The molecular weight excluding hydrogens is 616 g/mol. The van der Waals surface area contributed by atoms with Crippen LogP contribution in [0.1, 0.15) is 6.92 Å². The second-order valence-corrected chi connectivity index (χ2v) is 10.8. The molecule has 16 heteroatoms. The number of hydrogen-bond acceptors (Lipinski definition) is 16. The summed E-state index contributed by atoms with van der Waals surface area (Å²) in [4.78, 5) is 13.5. The van der Waals surface area contributed by atoms with E-state index in [4.69, 9.17) is 37.6 Å². The Balaban J connectivity index is 1.52. The molecule has 46 heavy (non-hydrogen) atoms. The predicted molar refractivity (Wildman–Crippen MR) is 155 cm³/mol. The van der Waals surface area contributed by atoms with Gasteiger partial charge < -0.3 is 73.3 Å². The number of phenols is 1. The van der Waals surface area contributed by atoms with Crippen molar-refractivity contribution in [1.29, 1.82) is 0 Å². The average molecular weight is 653 g/mol. The number of hydrogen-bond donors (Lipinski definition) is 7. The highest BCUT2D eigenvalue weighted by Gasteiger charge is 2.51. The highest BCUT2D eigenvalue weighted by Crippen LogP contribution is 2.45. The van der Waals surface area contributed by atoms with E-state index in [1.165, 1.54) is 34.3 Å². The van der Waals surface area contributed by atoms with Crippen molar-refractivity contribution in [2.24, 2.45) is 0 Å². The summed E-state index contributed by atoms with van der Waals surface area (Å²) in [5.74, 6) is -0.934. The first-order valence-electron chi connectivity index (χ1n) is 14.2. The number of methoxy groups -OCH3 is 3. The minimum atomic E-state index is -1.84. The lowest BCUT2D eigenvalue weighted by molar-refractivity contribution is -0.349. The summed E-state index contributed by atoms with van der Waals surface area (Å²) in [6.07, 6.45) is -15.7. The fraction of sp³-hybridized carbons (Fsp3) is 0.500. The Morgan fingerprint density at radius 1 is 0.804 bits per heavy atom. The molecule has 0 bridgehead atoms. The number of fused-ring (bicyclic) bond motifs is 1. The van der Waals surface area contributed by atoms with Gasteiger partial charge in [0.2, 0.25) is 23.2 Å². The number of rotatable bonds is 9. The van der Waals surface area contributed by atoms with E-state index in [1.807, 2.05) is 0 Å². The van der Waals surface area contributed by atoms with Crippen LogP contribution in [0.25, 0.3) is 22.3 Å². The van der Waals surface area contributed by atoms with Crippen molar-refractivity contribution in [1.82, 2.24) is 0 Å². The Bertz CT molecular complexity index is 1570. The van der Waals surface area contributed by atoms with Crippen molar-refractivity contribution in [3.8, 4) is 40.1 Å². The standard InChI is InChI=1S/C30H36O16/c1-11-18(32)22(36)23(37)29(42-11)46-27-19(33)16(10-31)45-30(24(27)38)44-15-9-14-17(20(34)26(15)40-3)21(35)28(41-4)25(43-14)12-5-7-13(39-2)8-6-12/h5-9,11,16,18-19,22-24,27,29-34,36-38H,10H2,1-4H3/t11-,16+,18-,19+,22+,23+,24+,27-,29-,30+/m0/s1. The third-order valence-corrected chi connectivity index (χ3v) is 7.96. The van der Waals surface area contributed by atoms with Crippen molar-refractivity contribution in [3.05, 3.63) is 40.6 Å². The lowest BCUT2D eigenvalue weighted by atomic mass is 9.97. The molecular formula is C30H36O16. The molecule has 0 unspecified atom stereocenters. The van der Waals surface area contributed by atoms with Crippen LogP contribution < -0.4 is 24.4 Å². The Morgan fingerprint density at radius 2 is 1.48 bits per heavy atom. The lowest BCUT2D eigenvalue weighted by Gasteiger charge is -2.45. The predicted octanol–water partition coefficient (Wildman–Crippen LogP) is -0.778. The van der Waals surface area contributed by atoms with Gasteiger partial charge in [0.15, 0.2) is 23.5 Å². The molecule has 0 radical (unpaired) electrons. The molecule has 2 aliphatic heterocycles. The Hall–Kier alpha value is -3.71. The van der Waals surface area contributed by atoms with Gasteiger partial charge in [-0.05, 0) is 31.2 Å². The normalized spacial score (nSPS) is 31.4. The quantitative estimate of drug-likeness (QED) is 0.150. The summed E-state index contributed by atoms with van der Waals surface area (Å²) in [6, 6.07) is 7.76. The van der Waals surface area contributed by atoms with Gasteiger partial charge in [-0.2, -0.15) is 0 Å². The van der Waals surface area contributed by atoms with E-state index in [1.54, 1.807) is 24.3 Å². The number of ether oxygens (including phenoxy) is 7. The van der Waals surface area contributed by atoms with E-state index >= 15 is 0 Å². The van der Waals surface area contributed by atoms with Gasteiger partial charge in [0.1, 0.15) is 59.4 Å². The molecule has 1 aromatic heterocycles. The molecule has 2 fully saturated rings. The van der Waals surface area contributed by atoms with Gasteiger partial charge in [-0.25, -0.2) is 0 Å². The first kappa shape index (κ1) is 33.6. The van der Waals surface area contributed by atoms with Crippen molar-refractivity contribution >= 4 is 11.0 Å². The smallest absolute Gasteiger partial charge is 0.239 e. The fourth-order valence-electron chi connectivity index (χ4n) is 5.40. The van der Waals surface area contributed by atoms with Gasteiger partial charge in [-0.1, -0.05) is 0 Å². The Morgan fingerprint density at radius 3 is 2.09 bits per heavy atom. The van der Waals surface area contributed by atoms with Crippen LogP contribution in [0.5, 0.6) is 28.7 Å². The number of aromatic hydroxyl groups is 1. The van der Waals surface area contributed by atoms with E-state index in [0.29, 0.717) is 11.3 Å². The molecule has 10 atom stereocenters. The Kier molecular flexibility index (Phi) is 9.92. The first-order valence-corrected chi connectivity index (χ1v) is 14.2. The van der Waals surface area contributed by atoms with E-state index in [9.17, 15) is 40.5 Å². The van der Waals surface area contributed by atoms with Crippen LogP contribution in [0.3, 0.4) is 0 Å². The zero-order valence-electron chi connectivity index (χ0n) is 25.2. The molecule has 7 N–H and O–H groups in total. The van der Waals surface area contributed by atoms with Crippen LogP contribution in [-0.2, 0) is 14.2 Å². The lowest BCUT2D eigenvalue weighted by Crippen LogP contribution is -2.64. The summed E-state index contributed by atoms with van der Waals surface area (Å²) in [7, 11) is 3.95. The van der Waals surface area contributed by atoms with E-state index in [-0.39, 0.29) is 34.0 Å². The average Bonchev–Trinajstić information content (AvgIpc) is 3.05. The monoisotopic (exact) mass is 652 g/mol. The van der Waals surface area contributed by atoms with Crippen molar-refractivity contribution < 1.29 is 73.3 Å². The third-order valence-electron chi connectivity index (χ3n) is 7.96. The van der Waals surface area contributed by atoms with E-state index in [2.05, 4.69) is 0 Å². The maximum absolute atomic E-state index is 13.5. The minimum Gasteiger partial charge on any atom is -0.504 e. The molecule has 0 amide bonds. The van der Waals surface area contributed by atoms with Crippen LogP contribution in [0.4, 0.5) is 0 Å². The Labute approximate surface area is 261 Å². The van der Waals surface area contributed by atoms with Crippen LogP contribution in [-0.4, -0.2) is 125 Å². The number of benzene rings is 2. The number of aliphatic hydroxyl groups is 6. The zero-order valence-corrected chi connectivity index (χ0v) is 25.2. The second kappa shape index (κ2) is 13.6. The molecule has 16 nitrogen and oxygen atoms in total. The molecule has 0 spiro atoms. The SMILES string of the molecule is COc1ccc(-c2oc3cc(O[C@@H]4O[C@H](CO)[C@@H](O)[C@H](O[C@@H]5O[C@@H](C)[C@H](O)[C@@H](O)[C@H]5O)[C@H]4O)c(OC)c(O)c3c(=O)c2OC)cc1. The molecule has 2 aromatic carbocycles. The van der Waals surface area contributed by atoms with Gasteiger partial charge >= 0.3 is 0 Å². The molecule has 5 rings (SSSR count). The van der Waals surface area contributed by atoms with E-state index in [0.717, 1.165) is 0 Å². The van der Waals surface area contributed by atoms with Crippen molar-refractivity contribution in [3.63, 3.8) is 0 Å². The molecule has 2 aliphatic rings. The summed E-state index contributed by atoms with van der Waals surface area (Å²) < 4.78 is 44.4. The van der Waals surface area contributed by atoms with Gasteiger partial charge in [0.25, 0.3) is 0 Å². The minimum absolute atomic E-state index is 0.0247. The summed E-state index contributed by atoms with van der Waals surface area (Å²) in [5, 5.41) is 73.3. The van der Waals surface area contributed by atoms with Crippen molar-refractivity contribution in [2.75, 3.05) is 27.9 Å². The molecule has 0 aliphatic carbocycles. The van der Waals surface area contributed by atoms with Crippen LogP contribution in [0.15, 0.2) is 39.5 Å². The largest absolute Gasteiger partial charge is 0.504 e. The van der Waals surface area contributed by atoms with Crippen LogP contribution in [0.2, 0.25) is 0 Å². The summed E-state index contributed by atoms with van der Waals surface area (Å²) >= 11 is 0. The molecule has 3 heterocycles. The summed E-state index contributed by atoms with van der Waals surface area (Å²) in [5.41, 5.74) is -0.448. The summed E-state index contributed by atoms with van der Waals surface area (Å²) in [6.45, 7) is 0.654. The van der Waals surface area contributed by atoms with Gasteiger partial charge in [0, 0.05) is 11.6 Å². The number of phenolic OH excluding ortho intramolecular Hbond substituents is 1. The maximum atomic E-state index is 13.5. The van der Waals surface area contributed by atoms with Gasteiger partial charge in [-0.15, -0.1) is 0 Å². The molecule has 252 valence electrons. The zero-order chi connectivity index (χ0) is 33.4. The highest BCUT2D eigenvalue weighted by atomic mass is 16.7. The number of aliphatic hydroxyl groups excluding tert-OH is 6. The fourth-order valence-corrected chi connectivity index (χ4v) is 5.40. The van der Waals surface area contributed by atoms with Gasteiger partial charge in [-0.3, -0.25) is 4.79 Å². The van der Waals surface area contributed by atoms with Crippen LogP contribution >= 0.6 is 0 Å². The van der Waals surface area contributed by atoms with Crippen molar-refractivity contribution in [2.45, 2.75) is 68.3 Å². The van der Waals surface area contributed by atoms with Gasteiger partial charge in [0.05, 0.1) is 34.0 Å². The van der Waals surface area contributed by atoms with E-state index < -0.39 is 79.2 Å². The third kappa shape index (κ3) is 5.94. The molecule has 3 aromatic rings. The molecule has 2 saturated heterocycles. The highest BCUT2D eigenvalue weighted by molar-refractivity contribution is 5.91. The topological polar surface area (TPSA) is 236 Å². The van der Waals surface area contributed by atoms with Crippen LogP contribution in [0, 0.1) is 0 Å². The second-order valence-electron chi connectivity index (χ2n) is 10.8. The molecule has 0 saturated carbocycles. The maximum Gasteiger partial charge on any atom is 0.239 e. The first-order chi connectivity index (χ1) is 21.9.